The average Bonchev–Trinajstić information content (AvgIpc) is 2.64. The number of carbonyl (C=O) groups is 1. The number of esters is 1. The van der Waals surface area contributed by atoms with Gasteiger partial charge in [-0.3, -0.25) is 4.79 Å². The predicted molar refractivity (Wildman–Crippen MR) is 64.0 cm³/mol. The maximum absolute atomic E-state index is 11.1. The Morgan fingerprint density at radius 3 is 2.12 bits per heavy atom. The third-order valence-corrected chi connectivity index (χ3v) is 4.44. The Morgan fingerprint density at radius 2 is 1.69 bits per heavy atom. The van der Waals surface area contributed by atoms with E-state index in [0.717, 1.165) is 12.3 Å². The van der Waals surface area contributed by atoms with E-state index < -0.39 is 0 Å². The Bertz CT molecular complexity index is 256. The first-order valence-corrected chi connectivity index (χ1v) is 6.66. The molecule has 0 bridgehead atoms. The molecule has 0 N–H and O–H groups in total. The van der Waals surface area contributed by atoms with Gasteiger partial charge in [0.2, 0.25) is 0 Å². The highest BCUT2D eigenvalue weighted by atomic mass is 16.5. The Labute approximate surface area is 98.7 Å². The fraction of sp³-hybridized carbons (Fsp3) is 0.929. The topological polar surface area (TPSA) is 26.3 Å². The van der Waals surface area contributed by atoms with Gasteiger partial charge in [0.05, 0.1) is 0 Å². The van der Waals surface area contributed by atoms with Gasteiger partial charge in [-0.25, -0.2) is 0 Å². The lowest BCUT2D eigenvalue weighted by atomic mass is 9.69. The minimum absolute atomic E-state index is 0.0166. The second-order valence-electron chi connectivity index (χ2n) is 6.54. The lowest BCUT2D eigenvalue weighted by Gasteiger charge is -2.38. The van der Waals surface area contributed by atoms with Crippen molar-refractivity contribution in [2.24, 2.45) is 17.3 Å². The van der Waals surface area contributed by atoms with E-state index in [2.05, 4.69) is 20.8 Å². The number of hydrogen-bond acceptors (Lipinski definition) is 2. The molecule has 2 rings (SSSR count). The van der Waals surface area contributed by atoms with E-state index >= 15 is 0 Å². The summed E-state index contributed by atoms with van der Waals surface area (Å²) in [5.74, 6) is 1.51. The third kappa shape index (κ3) is 2.58. The van der Waals surface area contributed by atoms with Crippen LogP contribution in [0.2, 0.25) is 0 Å². The third-order valence-electron chi connectivity index (χ3n) is 4.44. The Hall–Kier alpha value is -0.530. The van der Waals surface area contributed by atoms with E-state index in [-0.39, 0.29) is 12.1 Å². The standard InChI is InChI=1S/C14H24O2/c1-14(2,3)11-6-4-10(5-7-11)12-8-9-13(15)16-12/h10-12H,4-9H2,1-3H3. The first-order valence-electron chi connectivity index (χ1n) is 6.66. The number of rotatable bonds is 1. The molecule has 16 heavy (non-hydrogen) atoms. The summed E-state index contributed by atoms with van der Waals surface area (Å²) in [6.45, 7) is 7.02. The first kappa shape index (κ1) is 11.9. The highest BCUT2D eigenvalue weighted by molar-refractivity contribution is 5.71. The van der Waals surface area contributed by atoms with E-state index in [4.69, 9.17) is 4.74 Å². The average molecular weight is 224 g/mol. The van der Waals surface area contributed by atoms with Gasteiger partial charge in [0.15, 0.2) is 0 Å². The van der Waals surface area contributed by atoms with Crippen LogP contribution in [0.3, 0.4) is 0 Å². The number of cyclic esters (lactones) is 1. The minimum atomic E-state index is 0.0166. The molecule has 2 heteroatoms. The lowest BCUT2D eigenvalue weighted by molar-refractivity contribution is -0.143. The van der Waals surface area contributed by atoms with E-state index in [1.165, 1.54) is 25.7 Å². The normalized spacial score (nSPS) is 36.2. The molecule has 0 aromatic rings. The summed E-state index contributed by atoms with van der Waals surface area (Å²) in [6.07, 6.45) is 6.96. The van der Waals surface area contributed by atoms with Crippen molar-refractivity contribution >= 4 is 5.97 Å². The van der Waals surface area contributed by atoms with Crippen molar-refractivity contribution in [1.29, 1.82) is 0 Å². The van der Waals surface area contributed by atoms with E-state index in [1.807, 2.05) is 0 Å². The second-order valence-corrected chi connectivity index (χ2v) is 6.54. The molecule has 92 valence electrons. The van der Waals surface area contributed by atoms with Gasteiger partial charge in [0, 0.05) is 6.42 Å². The maximum Gasteiger partial charge on any atom is 0.306 e. The summed E-state index contributed by atoms with van der Waals surface area (Å²) >= 11 is 0. The van der Waals surface area contributed by atoms with Crippen LogP contribution in [-0.2, 0) is 9.53 Å². The summed E-state index contributed by atoms with van der Waals surface area (Å²) in [7, 11) is 0. The zero-order valence-corrected chi connectivity index (χ0v) is 10.8. The zero-order chi connectivity index (χ0) is 11.8. The molecule has 0 spiro atoms. The second kappa shape index (κ2) is 4.38. The Morgan fingerprint density at radius 1 is 1.06 bits per heavy atom. The molecule has 1 aliphatic heterocycles. The smallest absolute Gasteiger partial charge is 0.306 e. The molecule has 2 nitrogen and oxygen atoms in total. The minimum Gasteiger partial charge on any atom is -0.462 e. The molecule has 1 heterocycles. The maximum atomic E-state index is 11.1. The molecule has 0 aromatic heterocycles. The van der Waals surface area contributed by atoms with Gasteiger partial charge in [-0.05, 0) is 49.4 Å². The molecular formula is C14H24O2. The van der Waals surface area contributed by atoms with Crippen LogP contribution in [0.5, 0.6) is 0 Å². The SMILES string of the molecule is CC(C)(C)C1CCC(C2CCC(=O)O2)CC1. The summed E-state index contributed by atoms with van der Waals surface area (Å²) in [4.78, 5) is 11.1. The van der Waals surface area contributed by atoms with Crippen molar-refractivity contribution in [1.82, 2.24) is 0 Å². The van der Waals surface area contributed by atoms with Crippen LogP contribution >= 0.6 is 0 Å². The highest BCUT2D eigenvalue weighted by Gasteiger charge is 2.36. The van der Waals surface area contributed by atoms with Crippen LogP contribution in [0, 0.1) is 17.3 Å². The molecule has 1 saturated heterocycles. The van der Waals surface area contributed by atoms with Crippen molar-refractivity contribution in [2.45, 2.75) is 65.4 Å². The number of hydrogen-bond donors (Lipinski definition) is 0. The summed E-state index contributed by atoms with van der Waals surface area (Å²) in [5, 5.41) is 0. The fourth-order valence-electron chi connectivity index (χ4n) is 3.24. The van der Waals surface area contributed by atoms with Gasteiger partial charge in [-0.2, -0.15) is 0 Å². The molecule has 0 amide bonds. The van der Waals surface area contributed by atoms with Gasteiger partial charge in [0.25, 0.3) is 0 Å². The van der Waals surface area contributed by atoms with Gasteiger partial charge < -0.3 is 4.74 Å². The Balaban J connectivity index is 1.83. The number of carbonyl (C=O) groups excluding carboxylic acids is 1. The predicted octanol–water partition coefficient (Wildman–Crippen LogP) is 3.54. The lowest BCUT2D eigenvalue weighted by Crippen LogP contribution is -2.30. The van der Waals surface area contributed by atoms with Crippen LogP contribution in [-0.4, -0.2) is 12.1 Å². The van der Waals surface area contributed by atoms with E-state index in [1.54, 1.807) is 0 Å². The van der Waals surface area contributed by atoms with Crippen LogP contribution in [0.25, 0.3) is 0 Å². The monoisotopic (exact) mass is 224 g/mol. The molecule has 1 atom stereocenters. The molecule has 2 aliphatic rings. The largest absolute Gasteiger partial charge is 0.462 e. The highest BCUT2D eigenvalue weighted by Crippen LogP contribution is 2.42. The van der Waals surface area contributed by atoms with Crippen molar-refractivity contribution in [3.8, 4) is 0 Å². The molecule has 1 aliphatic carbocycles. The molecule has 0 aromatic carbocycles. The fourth-order valence-corrected chi connectivity index (χ4v) is 3.24. The van der Waals surface area contributed by atoms with Crippen LogP contribution in [0.4, 0.5) is 0 Å². The quantitative estimate of drug-likeness (QED) is 0.637. The van der Waals surface area contributed by atoms with E-state index in [0.29, 0.717) is 17.8 Å². The summed E-state index contributed by atoms with van der Waals surface area (Å²) in [6, 6.07) is 0. The summed E-state index contributed by atoms with van der Waals surface area (Å²) < 4.78 is 5.38. The van der Waals surface area contributed by atoms with Crippen molar-refractivity contribution in [3.05, 3.63) is 0 Å². The van der Waals surface area contributed by atoms with Crippen LogP contribution in [0.1, 0.15) is 59.3 Å². The molecular weight excluding hydrogens is 200 g/mol. The molecule has 0 radical (unpaired) electrons. The number of ether oxygens (including phenoxy) is 1. The van der Waals surface area contributed by atoms with Crippen molar-refractivity contribution in [2.75, 3.05) is 0 Å². The van der Waals surface area contributed by atoms with E-state index in [9.17, 15) is 4.79 Å². The van der Waals surface area contributed by atoms with Crippen molar-refractivity contribution in [3.63, 3.8) is 0 Å². The van der Waals surface area contributed by atoms with Crippen LogP contribution in [0.15, 0.2) is 0 Å². The zero-order valence-electron chi connectivity index (χ0n) is 10.8. The van der Waals surface area contributed by atoms with Gasteiger partial charge >= 0.3 is 5.97 Å². The molecule has 2 fully saturated rings. The van der Waals surface area contributed by atoms with Gasteiger partial charge in [-0.15, -0.1) is 0 Å². The van der Waals surface area contributed by atoms with Crippen molar-refractivity contribution < 1.29 is 9.53 Å². The first-order chi connectivity index (χ1) is 7.47. The van der Waals surface area contributed by atoms with Crippen LogP contribution < -0.4 is 0 Å². The summed E-state index contributed by atoms with van der Waals surface area (Å²) in [5.41, 5.74) is 0.442. The molecule has 1 unspecified atom stereocenters. The van der Waals surface area contributed by atoms with Gasteiger partial charge in [-0.1, -0.05) is 20.8 Å². The molecule has 1 saturated carbocycles. The Kier molecular flexibility index (Phi) is 3.27. The van der Waals surface area contributed by atoms with Gasteiger partial charge in [0.1, 0.15) is 6.10 Å².